The highest BCUT2D eigenvalue weighted by Crippen LogP contribution is 2.57. The molecule has 0 unspecified atom stereocenters. The number of methoxy groups -OCH3 is 6. The highest BCUT2D eigenvalue weighted by Gasteiger charge is 2.32. The molecular weight excluding hydrogens is 1860 g/mol. The SMILES string of the molecule is COc1ccc(N(c2ccc(CO)cc2)c2ccc(-c3sc(/C=C/c4cc(/C=C/c5sc(-c6ccc(N(c7ccc(OC)cc7)c7ccc(OC)cc7)cc6)c6c5OCCO6)c(/C=C/c5sc(-c6ccc(N(c7ccc(OC)cc7)c7ccc(OC)cc7)cc6)c6c5OCCO6)cc4/C=C/c4sc(-c5ccc(N(c6ccc(CO)cc6)c6ccc(OC)cc6)cc5)c5c4OCCO5)c4c3OCCO4)cc2)cc1. The van der Waals surface area contributed by atoms with Crippen LogP contribution in [0.2, 0.25) is 0 Å². The molecule has 0 saturated heterocycles. The highest BCUT2D eigenvalue weighted by molar-refractivity contribution is 7.18. The zero-order valence-electron chi connectivity index (χ0n) is 78.6. The van der Waals surface area contributed by atoms with E-state index in [1.54, 1.807) is 88.0 Å². The van der Waals surface area contributed by atoms with Crippen LogP contribution in [0, 0.1) is 0 Å². The first kappa shape index (κ1) is 92.3. The topological polar surface area (TPSA) is 183 Å². The fourth-order valence-corrected chi connectivity index (χ4v) is 22.1. The molecule has 0 saturated carbocycles. The third-order valence-electron chi connectivity index (χ3n) is 24.9. The van der Waals surface area contributed by atoms with Gasteiger partial charge in [0.1, 0.15) is 87.4 Å². The minimum Gasteiger partial charge on any atom is -0.497 e. The molecule has 0 radical (unpaired) electrons. The van der Waals surface area contributed by atoms with Gasteiger partial charge in [0.05, 0.1) is 94.9 Å². The first-order valence-electron chi connectivity index (χ1n) is 46.4. The van der Waals surface area contributed by atoms with Gasteiger partial charge in [-0.05, 0) is 310 Å². The van der Waals surface area contributed by atoms with E-state index < -0.39 is 0 Å². The number of aliphatic hydroxyl groups excluding tert-OH is 2. The van der Waals surface area contributed by atoms with E-state index >= 15 is 0 Å². The number of hydrogen-bond acceptors (Lipinski definition) is 24. The fraction of sp³-hybridized carbons (Fsp3) is 0.136. The first-order valence-corrected chi connectivity index (χ1v) is 49.7. The number of thiophene rings is 4. The second-order valence-electron chi connectivity index (χ2n) is 33.4. The molecule has 710 valence electrons. The molecule has 13 aromatic carbocycles. The molecular formula is C118H98N4O16S4. The van der Waals surface area contributed by atoms with Crippen molar-refractivity contribution in [2.75, 3.05) is 115 Å². The van der Waals surface area contributed by atoms with Gasteiger partial charge in [-0.2, -0.15) is 0 Å². The van der Waals surface area contributed by atoms with Crippen molar-refractivity contribution >= 4 is 162 Å². The van der Waals surface area contributed by atoms with Crippen LogP contribution in [0.15, 0.2) is 303 Å². The van der Waals surface area contributed by atoms with Gasteiger partial charge in [0.2, 0.25) is 0 Å². The van der Waals surface area contributed by atoms with Gasteiger partial charge in [-0.3, -0.25) is 0 Å². The summed E-state index contributed by atoms with van der Waals surface area (Å²) in [5.41, 5.74) is 20.3. The summed E-state index contributed by atoms with van der Waals surface area (Å²) in [7, 11) is 10.0. The Morgan fingerprint density at radius 1 is 0.211 bits per heavy atom. The number of nitrogens with zero attached hydrogens (tertiary/aromatic N) is 4. The van der Waals surface area contributed by atoms with Crippen LogP contribution in [-0.4, -0.2) is 106 Å². The molecule has 8 heterocycles. The van der Waals surface area contributed by atoms with E-state index in [2.05, 4.69) is 226 Å². The van der Waals surface area contributed by atoms with Gasteiger partial charge in [0, 0.05) is 68.2 Å². The molecule has 0 fully saturated rings. The second-order valence-corrected chi connectivity index (χ2v) is 37.6. The van der Waals surface area contributed by atoms with Crippen molar-refractivity contribution < 1.29 is 76.5 Å². The standard InChI is InChI=1S/C118H98N4O16S4/c1-125-97-47-35-91(36-48-97)119(85-23-7-75(73-123)8-24-85)87-27-11-77(12-28-87)115-111-107(131-63-67-135-111)103(139-115)59-19-81-71-83(21-61-105-109-113(137-69-65-133-109)117(141-105)79-15-31-89(32-16-79)121(93-39-51-99(127-3)52-40-93)94-41-53-100(128-4)54-42-94)84(22-62-106-110-114(138-70-66-134-110)118(142-106)80-17-33-90(34-18-80)122(95-43-55-101(129-5)56-44-95)96-45-57-102(130-6)58-46-96)72-82(81)20-60-104-108-112(136-68-64-132-108)116(140-104)78-13-29-88(30-14-78)120(86-25-9-76(74-124)10-26-86)92-37-49-98(126-2)50-38-92/h7-62,71-72,123-124H,63-70,73-74H2,1-6H3/b59-19+,60-20+,61-21+,62-22+. The Morgan fingerprint density at radius 2 is 0.366 bits per heavy atom. The Hall–Kier alpha value is -16.1. The van der Waals surface area contributed by atoms with Crippen LogP contribution < -0.4 is 85.9 Å². The minimum atomic E-state index is -0.0652. The largest absolute Gasteiger partial charge is 0.497 e. The van der Waals surface area contributed by atoms with Crippen LogP contribution in [0.25, 0.3) is 90.4 Å². The van der Waals surface area contributed by atoms with Crippen LogP contribution in [0.4, 0.5) is 68.2 Å². The molecule has 142 heavy (non-hydrogen) atoms. The molecule has 0 aliphatic carbocycles. The average molecular weight is 1960 g/mol. The molecule has 20 nitrogen and oxygen atoms in total. The van der Waals surface area contributed by atoms with E-state index in [4.69, 9.17) is 66.3 Å². The summed E-state index contributed by atoms with van der Waals surface area (Å²) in [6.07, 6.45) is 17.3. The van der Waals surface area contributed by atoms with E-state index in [-0.39, 0.29) is 13.2 Å². The van der Waals surface area contributed by atoms with Gasteiger partial charge in [0.15, 0.2) is 46.0 Å². The van der Waals surface area contributed by atoms with Crippen LogP contribution in [0.3, 0.4) is 0 Å². The quantitative estimate of drug-likeness (QED) is 0.0406. The summed E-state index contributed by atoms with van der Waals surface area (Å²) in [5.74, 6) is 9.89. The molecule has 4 aromatic heterocycles. The lowest BCUT2D eigenvalue weighted by Gasteiger charge is -2.26. The Bertz CT molecular complexity index is 6380. The van der Waals surface area contributed by atoms with Crippen molar-refractivity contribution in [3.63, 3.8) is 0 Å². The first-order chi connectivity index (χ1) is 69.9. The second kappa shape index (κ2) is 41.9. The van der Waals surface area contributed by atoms with Gasteiger partial charge in [0.25, 0.3) is 0 Å². The number of rotatable bonds is 32. The lowest BCUT2D eigenvalue weighted by Crippen LogP contribution is -2.15. The number of fused-ring (bicyclic) bond motifs is 4. The molecule has 2 N–H and O–H groups in total. The number of anilines is 12. The monoisotopic (exact) mass is 1950 g/mol. The van der Waals surface area contributed by atoms with E-state index in [9.17, 15) is 10.2 Å². The zero-order valence-corrected chi connectivity index (χ0v) is 81.9. The molecule has 17 aromatic rings. The van der Waals surface area contributed by atoms with Gasteiger partial charge >= 0.3 is 0 Å². The van der Waals surface area contributed by atoms with Gasteiger partial charge in [-0.1, -0.05) is 97.1 Å². The zero-order chi connectivity index (χ0) is 96.5. The maximum atomic E-state index is 10.1. The lowest BCUT2D eigenvalue weighted by atomic mass is 9.96. The third kappa shape index (κ3) is 19.3. The van der Waals surface area contributed by atoms with Crippen LogP contribution in [0.5, 0.6) is 80.5 Å². The molecule has 0 atom stereocenters. The molecule has 0 bridgehead atoms. The van der Waals surface area contributed by atoms with Crippen molar-refractivity contribution in [3.8, 4) is 122 Å². The summed E-state index contributed by atoms with van der Waals surface area (Å²) in [4.78, 5) is 16.0. The maximum absolute atomic E-state index is 10.1. The van der Waals surface area contributed by atoms with Crippen LogP contribution in [0.1, 0.15) is 52.9 Å². The van der Waals surface area contributed by atoms with Crippen molar-refractivity contribution in [1.82, 2.24) is 0 Å². The van der Waals surface area contributed by atoms with Crippen molar-refractivity contribution in [2.24, 2.45) is 0 Å². The molecule has 0 spiro atoms. The average Bonchev–Trinajstić information content (AvgIpc) is 1.60. The molecule has 24 heteroatoms. The Labute approximate surface area is 839 Å². The highest BCUT2D eigenvalue weighted by atomic mass is 32.1. The van der Waals surface area contributed by atoms with E-state index in [1.165, 1.54) is 0 Å². The van der Waals surface area contributed by atoms with E-state index in [1.807, 2.05) is 146 Å². The Morgan fingerprint density at radius 3 is 0.528 bits per heavy atom. The fourth-order valence-electron chi connectivity index (χ4n) is 17.7. The molecule has 0 amide bonds. The van der Waals surface area contributed by atoms with E-state index in [0.717, 1.165) is 197 Å². The Kier molecular flexibility index (Phi) is 27.3. The van der Waals surface area contributed by atoms with Gasteiger partial charge in [-0.15, -0.1) is 45.3 Å². The number of benzene rings is 13. The number of aliphatic hydroxyl groups is 2. The third-order valence-corrected chi connectivity index (χ3v) is 29.6. The molecule has 4 aliphatic rings. The maximum Gasteiger partial charge on any atom is 0.180 e. The predicted molar refractivity (Wildman–Crippen MR) is 575 cm³/mol. The van der Waals surface area contributed by atoms with Crippen molar-refractivity contribution in [2.45, 2.75) is 13.2 Å². The summed E-state index contributed by atoms with van der Waals surface area (Å²) < 4.78 is 87.2. The molecule has 4 aliphatic heterocycles. The summed E-state index contributed by atoms with van der Waals surface area (Å²) in [6, 6.07) is 103. The van der Waals surface area contributed by atoms with Gasteiger partial charge < -0.3 is 96.1 Å². The smallest absolute Gasteiger partial charge is 0.180 e. The van der Waals surface area contributed by atoms with Crippen LogP contribution >= 0.6 is 45.3 Å². The number of ether oxygens (including phenoxy) is 14. The predicted octanol–water partition coefficient (Wildman–Crippen LogP) is 29.3. The summed E-state index contributed by atoms with van der Waals surface area (Å²) >= 11 is 6.44. The lowest BCUT2D eigenvalue weighted by molar-refractivity contribution is 0.174. The van der Waals surface area contributed by atoms with E-state index in [0.29, 0.717) is 98.9 Å². The van der Waals surface area contributed by atoms with Gasteiger partial charge in [-0.25, -0.2) is 0 Å². The molecule has 21 rings (SSSR count). The normalized spacial score (nSPS) is 13.0. The summed E-state index contributed by atoms with van der Waals surface area (Å²) in [6.45, 7) is 2.83. The van der Waals surface area contributed by atoms with Crippen LogP contribution in [-0.2, 0) is 13.2 Å². The van der Waals surface area contributed by atoms with Crippen molar-refractivity contribution in [3.05, 3.63) is 356 Å². The number of hydrogen-bond donors (Lipinski definition) is 2. The Balaban J connectivity index is 0.700. The van der Waals surface area contributed by atoms with Crippen molar-refractivity contribution in [1.29, 1.82) is 0 Å². The summed E-state index contributed by atoms with van der Waals surface area (Å²) in [5, 5.41) is 20.1. The minimum absolute atomic E-state index is 0.0652.